The minimum absolute atomic E-state index is 0.341. The van der Waals surface area contributed by atoms with E-state index < -0.39 is 0 Å². The first-order valence-electron chi connectivity index (χ1n) is 6.49. The summed E-state index contributed by atoms with van der Waals surface area (Å²) in [6, 6.07) is 5.40. The van der Waals surface area contributed by atoms with Crippen LogP contribution in [-0.4, -0.2) is 26.1 Å². The third kappa shape index (κ3) is 1.89. The zero-order valence-corrected chi connectivity index (χ0v) is 11.4. The highest BCUT2D eigenvalue weighted by Crippen LogP contribution is 2.22. The summed E-state index contributed by atoms with van der Waals surface area (Å²) in [7, 11) is 0. The van der Waals surface area contributed by atoms with Gasteiger partial charge in [0.05, 0.1) is 16.9 Å². The summed E-state index contributed by atoms with van der Waals surface area (Å²) in [6.07, 6.45) is 1.60. The molecule has 3 rings (SSSR count). The van der Waals surface area contributed by atoms with E-state index in [4.69, 9.17) is 5.73 Å². The maximum atomic E-state index is 10.9. The van der Waals surface area contributed by atoms with Crippen LogP contribution < -0.4 is 5.73 Å². The molecular formula is C14H15N5O. The van der Waals surface area contributed by atoms with Gasteiger partial charge in [-0.15, -0.1) is 10.2 Å². The molecule has 20 heavy (non-hydrogen) atoms. The van der Waals surface area contributed by atoms with Gasteiger partial charge in [-0.25, -0.2) is 4.52 Å². The predicted octanol–water partition coefficient (Wildman–Crippen LogP) is 1.87. The van der Waals surface area contributed by atoms with Crippen molar-refractivity contribution in [2.75, 3.05) is 5.73 Å². The van der Waals surface area contributed by atoms with Crippen molar-refractivity contribution in [1.29, 1.82) is 0 Å². The van der Waals surface area contributed by atoms with Gasteiger partial charge in [0.25, 0.3) is 0 Å². The molecular weight excluding hydrogens is 254 g/mol. The van der Waals surface area contributed by atoms with E-state index in [1.807, 2.05) is 6.07 Å². The summed E-state index contributed by atoms with van der Waals surface area (Å²) in [6.45, 7) is 4.28. The third-order valence-corrected chi connectivity index (χ3v) is 3.20. The first-order valence-corrected chi connectivity index (χ1v) is 6.49. The van der Waals surface area contributed by atoms with E-state index >= 15 is 0 Å². The van der Waals surface area contributed by atoms with Gasteiger partial charge >= 0.3 is 0 Å². The first kappa shape index (κ1) is 12.5. The number of aldehydes is 1. The van der Waals surface area contributed by atoms with Crippen LogP contribution in [0.2, 0.25) is 0 Å². The fourth-order valence-corrected chi connectivity index (χ4v) is 2.28. The van der Waals surface area contributed by atoms with E-state index in [9.17, 15) is 4.79 Å². The smallest absolute Gasteiger partial charge is 0.178 e. The Morgan fingerprint density at radius 3 is 2.85 bits per heavy atom. The lowest BCUT2D eigenvalue weighted by Gasteiger charge is -2.04. The van der Waals surface area contributed by atoms with E-state index in [1.165, 1.54) is 0 Å². The lowest BCUT2D eigenvalue weighted by atomic mass is 10.1. The molecule has 0 saturated carbocycles. The van der Waals surface area contributed by atoms with Gasteiger partial charge in [-0.1, -0.05) is 13.8 Å². The minimum Gasteiger partial charge on any atom is -0.396 e. The number of fused-ring (bicyclic) bond motifs is 3. The number of carbonyl (C=O) groups is 1. The molecule has 102 valence electrons. The number of anilines is 1. The largest absolute Gasteiger partial charge is 0.396 e. The molecule has 1 aromatic carbocycles. The quantitative estimate of drug-likeness (QED) is 0.579. The summed E-state index contributed by atoms with van der Waals surface area (Å²) in [5.41, 5.74) is 9.61. The van der Waals surface area contributed by atoms with Crippen LogP contribution in [0.5, 0.6) is 0 Å². The van der Waals surface area contributed by atoms with Crippen molar-refractivity contribution in [3.63, 3.8) is 0 Å². The summed E-state index contributed by atoms with van der Waals surface area (Å²) in [5, 5.41) is 12.8. The average Bonchev–Trinajstić information content (AvgIpc) is 2.80. The maximum absolute atomic E-state index is 10.9. The highest BCUT2D eigenvalue weighted by Gasteiger charge is 2.12. The molecule has 0 unspecified atom stereocenters. The van der Waals surface area contributed by atoms with Crippen LogP contribution in [0.3, 0.4) is 0 Å². The van der Waals surface area contributed by atoms with Crippen molar-refractivity contribution in [3.8, 4) is 0 Å². The van der Waals surface area contributed by atoms with Gasteiger partial charge in [0.1, 0.15) is 5.52 Å². The molecule has 0 saturated heterocycles. The summed E-state index contributed by atoms with van der Waals surface area (Å²) in [5.74, 6) is 0.519. The average molecular weight is 269 g/mol. The molecule has 2 N–H and O–H groups in total. The number of hydrogen-bond acceptors (Lipinski definition) is 5. The molecule has 0 atom stereocenters. The molecule has 0 radical (unpaired) electrons. The van der Waals surface area contributed by atoms with Gasteiger partial charge in [-0.05, 0) is 24.5 Å². The highest BCUT2D eigenvalue weighted by molar-refractivity contribution is 5.97. The second-order valence-corrected chi connectivity index (χ2v) is 5.26. The number of nitrogens with two attached hydrogens (primary N) is 1. The minimum atomic E-state index is 0.341. The van der Waals surface area contributed by atoms with Gasteiger partial charge < -0.3 is 5.73 Å². The van der Waals surface area contributed by atoms with E-state index in [1.54, 1.807) is 16.6 Å². The van der Waals surface area contributed by atoms with Crippen LogP contribution in [0.15, 0.2) is 18.2 Å². The topological polar surface area (TPSA) is 86.2 Å². The Balaban J connectivity index is 2.27. The normalized spacial score (nSPS) is 11.6. The number of rotatable bonds is 3. The molecule has 0 aliphatic carbocycles. The molecule has 0 fully saturated rings. The van der Waals surface area contributed by atoms with Crippen LogP contribution in [0.25, 0.3) is 16.7 Å². The van der Waals surface area contributed by atoms with Crippen molar-refractivity contribution in [3.05, 3.63) is 29.5 Å². The standard InChI is InChI=1S/C14H15N5O/c1-8(2)5-10-6-12-16-17-14-11(19(12)18-10)4-3-9(7-20)13(14)15/h3-4,6-8H,5,15H2,1-2H3. The molecule has 3 aromatic rings. The Morgan fingerprint density at radius 2 is 2.15 bits per heavy atom. The van der Waals surface area contributed by atoms with Crippen LogP contribution >= 0.6 is 0 Å². The van der Waals surface area contributed by atoms with E-state index in [0.717, 1.165) is 17.6 Å². The monoisotopic (exact) mass is 269 g/mol. The van der Waals surface area contributed by atoms with Gasteiger partial charge in [0, 0.05) is 11.6 Å². The molecule has 6 heteroatoms. The molecule has 0 aliphatic rings. The first-order chi connectivity index (χ1) is 9.60. The lowest BCUT2D eigenvalue weighted by Crippen LogP contribution is -2.02. The Labute approximate surface area is 115 Å². The molecule has 0 amide bonds. The molecule has 0 spiro atoms. The molecule has 2 aromatic heterocycles. The maximum Gasteiger partial charge on any atom is 0.178 e. The van der Waals surface area contributed by atoms with Crippen molar-refractivity contribution < 1.29 is 4.79 Å². The number of nitrogens with zero attached hydrogens (tertiary/aromatic N) is 4. The highest BCUT2D eigenvalue weighted by atomic mass is 16.1. The fourth-order valence-electron chi connectivity index (χ4n) is 2.28. The van der Waals surface area contributed by atoms with Gasteiger partial charge in [0.2, 0.25) is 0 Å². The van der Waals surface area contributed by atoms with Gasteiger partial charge in [-0.3, -0.25) is 4.79 Å². The van der Waals surface area contributed by atoms with Crippen LogP contribution in [0.1, 0.15) is 29.9 Å². The van der Waals surface area contributed by atoms with Gasteiger partial charge in [0.15, 0.2) is 11.9 Å². The fraction of sp³-hybridized carbons (Fsp3) is 0.286. The predicted molar refractivity (Wildman–Crippen MR) is 76.6 cm³/mol. The number of aromatic nitrogens is 4. The van der Waals surface area contributed by atoms with Crippen LogP contribution in [0, 0.1) is 5.92 Å². The Kier molecular flexibility index (Phi) is 2.85. The summed E-state index contributed by atoms with van der Waals surface area (Å²) < 4.78 is 1.73. The van der Waals surface area contributed by atoms with Crippen LogP contribution in [0.4, 0.5) is 5.69 Å². The zero-order valence-electron chi connectivity index (χ0n) is 11.4. The van der Waals surface area contributed by atoms with Gasteiger partial charge in [-0.2, -0.15) is 5.10 Å². The number of nitrogen functional groups attached to an aromatic ring is 1. The van der Waals surface area contributed by atoms with E-state index in [-0.39, 0.29) is 0 Å². The second kappa shape index (κ2) is 4.56. The van der Waals surface area contributed by atoms with Crippen LogP contribution in [-0.2, 0) is 6.42 Å². The Morgan fingerprint density at radius 1 is 1.35 bits per heavy atom. The Bertz CT molecular complexity index is 806. The zero-order chi connectivity index (χ0) is 14.3. The van der Waals surface area contributed by atoms with Crippen molar-refractivity contribution >= 4 is 28.7 Å². The Hall–Kier alpha value is -2.50. The molecule has 0 aliphatic heterocycles. The number of benzene rings is 1. The number of hydrogen-bond donors (Lipinski definition) is 1. The van der Waals surface area contributed by atoms with E-state index in [0.29, 0.717) is 34.6 Å². The summed E-state index contributed by atoms with van der Waals surface area (Å²) >= 11 is 0. The second-order valence-electron chi connectivity index (χ2n) is 5.26. The van der Waals surface area contributed by atoms with E-state index in [2.05, 4.69) is 29.1 Å². The molecule has 6 nitrogen and oxygen atoms in total. The van der Waals surface area contributed by atoms with Crippen molar-refractivity contribution in [2.24, 2.45) is 5.92 Å². The SMILES string of the molecule is CC(C)Cc1cc2nnc3c(N)c(C=O)ccc3n2n1. The summed E-state index contributed by atoms with van der Waals surface area (Å²) in [4.78, 5) is 10.9. The molecule has 2 heterocycles. The third-order valence-electron chi connectivity index (χ3n) is 3.20. The number of carbonyl (C=O) groups excluding carboxylic acids is 1. The van der Waals surface area contributed by atoms with Crippen molar-refractivity contribution in [1.82, 2.24) is 19.8 Å². The lowest BCUT2D eigenvalue weighted by molar-refractivity contribution is 0.112. The van der Waals surface area contributed by atoms with Crippen molar-refractivity contribution in [2.45, 2.75) is 20.3 Å². The molecule has 0 bridgehead atoms.